The van der Waals surface area contributed by atoms with E-state index in [-0.39, 0.29) is 24.2 Å². The van der Waals surface area contributed by atoms with E-state index in [9.17, 15) is 9.59 Å². The summed E-state index contributed by atoms with van der Waals surface area (Å²) in [7, 11) is 3.14. The van der Waals surface area contributed by atoms with Crippen LogP contribution in [0.3, 0.4) is 0 Å². The normalized spacial score (nSPS) is 16.3. The molecule has 1 aliphatic heterocycles. The van der Waals surface area contributed by atoms with Gasteiger partial charge in [-0.05, 0) is 42.0 Å². The van der Waals surface area contributed by atoms with Crippen LogP contribution in [0.25, 0.3) is 0 Å². The van der Waals surface area contributed by atoms with Crippen LogP contribution in [0.5, 0.6) is 11.5 Å². The molecule has 0 aromatic heterocycles. The minimum Gasteiger partial charge on any atom is -0.493 e. The van der Waals surface area contributed by atoms with E-state index in [0.717, 1.165) is 11.3 Å². The van der Waals surface area contributed by atoms with E-state index in [0.29, 0.717) is 29.6 Å². The summed E-state index contributed by atoms with van der Waals surface area (Å²) in [6, 6.07) is 12.5. The lowest BCUT2D eigenvalue weighted by Crippen LogP contribution is -2.32. The van der Waals surface area contributed by atoms with Gasteiger partial charge in [0.1, 0.15) is 0 Å². The molecule has 1 saturated heterocycles. The van der Waals surface area contributed by atoms with Crippen LogP contribution < -0.4 is 19.7 Å². The predicted octanol–water partition coefficient (Wildman–Crippen LogP) is 3.03. The Morgan fingerprint density at radius 2 is 1.85 bits per heavy atom. The lowest BCUT2D eigenvalue weighted by Gasteiger charge is -2.17. The first kappa shape index (κ1) is 19.0. The smallest absolute Gasteiger partial charge is 0.227 e. The number of hydrogen-bond acceptors (Lipinski definition) is 4. The molecule has 1 fully saturated rings. The summed E-state index contributed by atoms with van der Waals surface area (Å²) in [5.74, 6) is 0.647. The third-order valence-corrected chi connectivity index (χ3v) is 4.80. The zero-order valence-electron chi connectivity index (χ0n) is 15.2. The van der Waals surface area contributed by atoms with Crippen molar-refractivity contribution in [3.63, 3.8) is 0 Å². The summed E-state index contributed by atoms with van der Waals surface area (Å²) in [5.41, 5.74) is 1.64. The van der Waals surface area contributed by atoms with Crippen molar-refractivity contribution in [2.24, 2.45) is 5.92 Å². The zero-order valence-corrected chi connectivity index (χ0v) is 16.0. The second-order valence-corrected chi connectivity index (χ2v) is 6.73. The van der Waals surface area contributed by atoms with Crippen LogP contribution >= 0.6 is 11.6 Å². The molecule has 0 spiro atoms. The molecule has 0 radical (unpaired) electrons. The Bertz CT molecular complexity index is 838. The second-order valence-electron chi connectivity index (χ2n) is 6.29. The molecule has 1 atom stereocenters. The topological polar surface area (TPSA) is 67.9 Å². The molecular formula is C20H21ClN2O4. The summed E-state index contributed by atoms with van der Waals surface area (Å²) in [6.45, 7) is 0.711. The van der Waals surface area contributed by atoms with Gasteiger partial charge in [0.25, 0.3) is 0 Å². The highest BCUT2D eigenvalue weighted by Crippen LogP contribution is 2.28. The van der Waals surface area contributed by atoms with E-state index in [1.54, 1.807) is 49.5 Å². The number of carbonyl (C=O) groups is 2. The Kier molecular flexibility index (Phi) is 5.86. The fourth-order valence-electron chi connectivity index (χ4n) is 3.08. The minimum atomic E-state index is -0.381. The molecule has 142 valence electrons. The lowest BCUT2D eigenvalue weighted by molar-refractivity contribution is -0.126. The third kappa shape index (κ3) is 4.34. The molecule has 3 rings (SSSR count). The molecule has 0 bridgehead atoms. The number of anilines is 1. The van der Waals surface area contributed by atoms with E-state index in [4.69, 9.17) is 21.1 Å². The number of nitrogens with zero attached hydrogens (tertiary/aromatic N) is 1. The number of halogens is 1. The summed E-state index contributed by atoms with van der Waals surface area (Å²) >= 11 is 5.89. The van der Waals surface area contributed by atoms with Gasteiger partial charge in [0, 0.05) is 30.2 Å². The van der Waals surface area contributed by atoms with Crippen molar-refractivity contribution in [2.45, 2.75) is 13.0 Å². The molecule has 2 aromatic rings. The first-order valence-corrected chi connectivity index (χ1v) is 8.94. The molecule has 1 aliphatic rings. The quantitative estimate of drug-likeness (QED) is 0.826. The molecule has 0 aliphatic carbocycles. The fraction of sp³-hybridized carbons (Fsp3) is 0.300. The van der Waals surface area contributed by atoms with E-state index >= 15 is 0 Å². The maximum absolute atomic E-state index is 12.5. The van der Waals surface area contributed by atoms with E-state index in [1.165, 1.54) is 0 Å². The predicted molar refractivity (Wildman–Crippen MR) is 103 cm³/mol. The summed E-state index contributed by atoms with van der Waals surface area (Å²) in [4.78, 5) is 26.4. The fourth-order valence-corrected chi connectivity index (χ4v) is 3.20. The van der Waals surface area contributed by atoms with Crippen LogP contribution in [-0.4, -0.2) is 32.6 Å². The number of nitrogens with one attached hydrogen (secondary N) is 1. The first-order valence-electron chi connectivity index (χ1n) is 8.56. The number of carbonyl (C=O) groups excluding carboxylic acids is 2. The SMILES string of the molecule is COc1ccc(CNC(=O)C2CC(=O)N(c3ccc(Cl)cc3)C2)cc1OC. The molecule has 1 N–H and O–H groups in total. The van der Waals surface area contributed by atoms with Crippen molar-refractivity contribution in [1.29, 1.82) is 0 Å². The number of methoxy groups -OCH3 is 2. The second kappa shape index (κ2) is 8.31. The van der Waals surface area contributed by atoms with Gasteiger partial charge in [0.2, 0.25) is 11.8 Å². The summed E-state index contributed by atoms with van der Waals surface area (Å²) in [5, 5.41) is 3.50. The van der Waals surface area contributed by atoms with Crippen molar-refractivity contribution >= 4 is 29.1 Å². The maximum Gasteiger partial charge on any atom is 0.227 e. The highest BCUT2D eigenvalue weighted by atomic mass is 35.5. The standard InChI is InChI=1S/C20H21ClN2O4/c1-26-17-8-3-13(9-18(17)27-2)11-22-20(25)14-10-19(24)23(12-14)16-6-4-15(21)5-7-16/h3-9,14H,10-12H2,1-2H3,(H,22,25). The van der Waals surface area contributed by atoms with Gasteiger partial charge in [-0.25, -0.2) is 0 Å². The number of benzene rings is 2. The van der Waals surface area contributed by atoms with E-state index in [1.807, 2.05) is 12.1 Å². The van der Waals surface area contributed by atoms with Crippen molar-refractivity contribution in [3.05, 3.63) is 53.1 Å². The van der Waals surface area contributed by atoms with Crippen molar-refractivity contribution in [2.75, 3.05) is 25.7 Å². The van der Waals surface area contributed by atoms with Gasteiger partial charge in [-0.2, -0.15) is 0 Å². The number of hydrogen-bond donors (Lipinski definition) is 1. The Morgan fingerprint density at radius 1 is 1.15 bits per heavy atom. The number of ether oxygens (including phenoxy) is 2. The van der Waals surface area contributed by atoms with Crippen LogP contribution in [0.15, 0.2) is 42.5 Å². The van der Waals surface area contributed by atoms with Crippen molar-refractivity contribution in [3.8, 4) is 11.5 Å². The molecule has 6 nitrogen and oxygen atoms in total. The highest BCUT2D eigenvalue weighted by molar-refractivity contribution is 6.30. The van der Waals surface area contributed by atoms with Gasteiger partial charge < -0.3 is 19.7 Å². The van der Waals surface area contributed by atoms with Gasteiger partial charge in [0.05, 0.1) is 20.1 Å². The zero-order chi connectivity index (χ0) is 19.4. The Labute approximate surface area is 163 Å². The monoisotopic (exact) mass is 388 g/mol. The van der Waals surface area contributed by atoms with Gasteiger partial charge in [-0.1, -0.05) is 17.7 Å². The highest BCUT2D eigenvalue weighted by Gasteiger charge is 2.34. The Hall–Kier alpha value is -2.73. The molecule has 1 unspecified atom stereocenters. The van der Waals surface area contributed by atoms with Gasteiger partial charge >= 0.3 is 0 Å². The van der Waals surface area contributed by atoms with Crippen molar-refractivity contribution in [1.82, 2.24) is 5.32 Å². The number of rotatable bonds is 6. The molecule has 7 heteroatoms. The Balaban J connectivity index is 1.60. The molecular weight excluding hydrogens is 368 g/mol. The minimum absolute atomic E-state index is 0.0661. The first-order chi connectivity index (χ1) is 13.0. The van der Waals surface area contributed by atoms with Crippen LogP contribution in [0.2, 0.25) is 5.02 Å². The average Bonchev–Trinajstić information content (AvgIpc) is 3.08. The van der Waals surface area contributed by atoms with E-state index in [2.05, 4.69) is 5.32 Å². The average molecular weight is 389 g/mol. The van der Waals surface area contributed by atoms with Crippen LogP contribution in [-0.2, 0) is 16.1 Å². The molecule has 27 heavy (non-hydrogen) atoms. The molecule has 1 heterocycles. The van der Waals surface area contributed by atoms with E-state index < -0.39 is 0 Å². The van der Waals surface area contributed by atoms with Gasteiger partial charge in [-0.3, -0.25) is 9.59 Å². The maximum atomic E-state index is 12.5. The third-order valence-electron chi connectivity index (χ3n) is 4.55. The van der Waals surface area contributed by atoms with Crippen LogP contribution in [0.4, 0.5) is 5.69 Å². The largest absolute Gasteiger partial charge is 0.493 e. The number of amides is 2. The van der Waals surface area contributed by atoms with Gasteiger partial charge in [-0.15, -0.1) is 0 Å². The van der Waals surface area contributed by atoms with Crippen LogP contribution in [0, 0.1) is 5.92 Å². The summed E-state index contributed by atoms with van der Waals surface area (Å²) in [6.07, 6.45) is 0.195. The van der Waals surface area contributed by atoms with Crippen LogP contribution in [0.1, 0.15) is 12.0 Å². The molecule has 0 saturated carbocycles. The molecule has 2 amide bonds. The molecule has 2 aromatic carbocycles. The lowest BCUT2D eigenvalue weighted by atomic mass is 10.1. The van der Waals surface area contributed by atoms with Crippen molar-refractivity contribution < 1.29 is 19.1 Å². The summed E-state index contributed by atoms with van der Waals surface area (Å²) < 4.78 is 10.5. The Morgan fingerprint density at radius 3 is 2.52 bits per heavy atom. The van der Waals surface area contributed by atoms with Gasteiger partial charge in [0.15, 0.2) is 11.5 Å².